The van der Waals surface area contributed by atoms with Gasteiger partial charge in [0.15, 0.2) is 0 Å². The van der Waals surface area contributed by atoms with Crippen LogP contribution >= 0.6 is 0 Å². The average molecular weight is 486 g/mol. The Morgan fingerprint density at radius 2 is 1.69 bits per heavy atom. The van der Waals surface area contributed by atoms with Gasteiger partial charge in [0, 0.05) is 17.1 Å². The number of carbonyl (C=O) groups is 4. The normalized spacial score (nSPS) is 14.8. The van der Waals surface area contributed by atoms with Crippen molar-refractivity contribution < 1.29 is 23.9 Å². The highest BCUT2D eigenvalue weighted by Crippen LogP contribution is 2.28. The van der Waals surface area contributed by atoms with Crippen LogP contribution in [0.1, 0.15) is 46.7 Å². The van der Waals surface area contributed by atoms with Crippen LogP contribution in [0.5, 0.6) is 0 Å². The van der Waals surface area contributed by atoms with E-state index in [2.05, 4.69) is 5.32 Å². The van der Waals surface area contributed by atoms with Crippen molar-refractivity contribution in [3.63, 3.8) is 0 Å². The first-order valence-electron chi connectivity index (χ1n) is 11.7. The molecule has 1 saturated heterocycles. The second-order valence-corrected chi connectivity index (χ2v) is 8.37. The predicted octanol–water partition coefficient (Wildman–Crippen LogP) is 4.50. The van der Waals surface area contributed by atoms with E-state index in [0.29, 0.717) is 29.8 Å². The molecule has 1 aliphatic heterocycles. The molecule has 36 heavy (non-hydrogen) atoms. The summed E-state index contributed by atoms with van der Waals surface area (Å²) in [5.41, 5.74) is 4.74. The third kappa shape index (κ3) is 4.45. The van der Waals surface area contributed by atoms with Crippen molar-refractivity contribution in [1.29, 1.82) is 0 Å². The van der Waals surface area contributed by atoms with Crippen LogP contribution in [0.4, 0.5) is 10.5 Å². The lowest BCUT2D eigenvalue weighted by atomic mass is 10.0. The molecule has 2 heterocycles. The zero-order valence-corrected chi connectivity index (χ0v) is 20.6. The summed E-state index contributed by atoms with van der Waals surface area (Å²) in [5, 5.41) is 2.29. The fraction of sp³-hybridized carbons (Fsp3) is 0.214. The minimum atomic E-state index is -0.768. The van der Waals surface area contributed by atoms with E-state index in [0.717, 1.165) is 27.5 Å². The van der Waals surface area contributed by atoms with Gasteiger partial charge in [-0.05, 0) is 80.8 Å². The van der Waals surface area contributed by atoms with Crippen molar-refractivity contribution in [2.75, 3.05) is 11.5 Å². The Balaban J connectivity index is 1.71. The van der Waals surface area contributed by atoms with E-state index in [1.807, 2.05) is 55.7 Å². The first kappa shape index (κ1) is 24.7. The summed E-state index contributed by atoms with van der Waals surface area (Å²) in [6.45, 7) is 7.77. The number of barbiturate groups is 1. The monoisotopic (exact) mass is 485 g/mol. The Bertz CT molecular complexity index is 1400. The lowest BCUT2D eigenvalue weighted by molar-refractivity contribution is -0.122. The Hall–Kier alpha value is -4.46. The minimum Gasteiger partial charge on any atom is -0.462 e. The van der Waals surface area contributed by atoms with Crippen molar-refractivity contribution in [2.24, 2.45) is 0 Å². The summed E-state index contributed by atoms with van der Waals surface area (Å²) in [4.78, 5) is 51.7. The van der Waals surface area contributed by atoms with E-state index in [4.69, 9.17) is 4.74 Å². The molecule has 4 amide bonds. The number of amides is 4. The van der Waals surface area contributed by atoms with Crippen molar-refractivity contribution >= 4 is 35.6 Å². The molecule has 1 aliphatic rings. The van der Waals surface area contributed by atoms with Crippen LogP contribution in [0.15, 0.2) is 60.2 Å². The van der Waals surface area contributed by atoms with Gasteiger partial charge >= 0.3 is 12.0 Å². The summed E-state index contributed by atoms with van der Waals surface area (Å²) in [7, 11) is 0. The van der Waals surface area contributed by atoms with Crippen LogP contribution in [-0.4, -0.2) is 35.0 Å². The van der Waals surface area contributed by atoms with E-state index in [1.165, 1.54) is 6.08 Å². The molecule has 0 unspecified atom stereocenters. The summed E-state index contributed by atoms with van der Waals surface area (Å²) < 4.78 is 7.00. The first-order chi connectivity index (χ1) is 17.3. The molecule has 8 heteroatoms. The molecule has 4 rings (SSSR count). The van der Waals surface area contributed by atoms with Crippen LogP contribution in [0.25, 0.3) is 11.8 Å². The topological polar surface area (TPSA) is 97.7 Å². The Morgan fingerprint density at radius 3 is 2.36 bits per heavy atom. The maximum atomic E-state index is 13.4. The van der Waals surface area contributed by atoms with E-state index < -0.39 is 17.8 Å². The number of urea groups is 1. The lowest BCUT2D eigenvalue weighted by Crippen LogP contribution is -2.54. The molecule has 3 aromatic rings. The number of anilines is 1. The van der Waals surface area contributed by atoms with E-state index in [1.54, 1.807) is 31.2 Å². The fourth-order valence-electron chi connectivity index (χ4n) is 4.35. The number of rotatable bonds is 6. The number of para-hydroxylation sites is 1. The summed E-state index contributed by atoms with van der Waals surface area (Å²) in [6, 6.07) is 15.2. The first-order valence-corrected chi connectivity index (χ1v) is 11.7. The van der Waals surface area contributed by atoms with Crippen molar-refractivity contribution in [3.8, 4) is 5.69 Å². The van der Waals surface area contributed by atoms with Gasteiger partial charge in [-0.15, -0.1) is 0 Å². The quantitative estimate of drug-likeness (QED) is 0.315. The zero-order chi connectivity index (χ0) is 26.0. The Labute approximate surface area is 209 Å². The van der Waals surface area contributed by atoms with E-state index in [9.17, 15) is 19.2 Å². The van der Waals surface area contributed by atoms with Crippen LogP contribution in [0.3, 0.4) is 0 Å². The summed E-state index contributed by atoms with van der Waals surface area (Å²) >= 11 is 0. The minimum absolute atomic E-state index is 0.126. The summed E-state index contributed by atoms with van der Waals surface area (Å²) in [5.74, 6) is -1.80. The third-order valence-corrected chi connectivity index (χ3v) is 6.12. The molecule has 0 radical (unpaired) electrons. The van der Waals surface area contributed by atoms with Gasteiger partial charge in [-0.1, -0.05) is 25.1 Å². The van der Waals surface area contributed by atoms with Gasteiger partial charge in [-0.25, -0.2) is 14.5 Å². The molecule has 1 N–H and O–H groups in total. The van der Waals surface area contributed by atoms with Crippen LogP contribution in [-0.2, 0) is 20.7 Å². The SMILES string of the molecule is CCOC(=O)c1ccc(-n2c(C)cc(/C=C3\C(=O)NC(=O)N(c4ccccc4CC)C3=O)c2C)cc1. The van der Waals surface area contributed by atoms with Gasteiger partial charge in [-0.3, -0.25) is 14.9 Å². The molecule has 184 valence electrons. The largest absolute Gasteiger partial charge is 0.462 e. The fourth-order valence-corrected chi connectivity index (χ4v) is 4.35. The molecule has 0 bridgehead atoms. The number of hydrogen-bond acceptors (Lipinski definition) is 5. The van der Waals surface area contributed by atoms with E-state index >= 15 is 0 Å². The second kappa shape index (κ2) is 10.0. The van der Waals surface area contributed by atoms with Gasteiger partial charge in [0.05, 0.1) is 17.9 Å². The van der Waals surface area contributed by atoms with Crippen LogP contribution in [0, 0.1) is 13.8 Å². The number of hydrogen-bond donors (Lipinski definition) is 1. The number of esters is 1. The smallest absolute Gasteiger partial charge is 0.338 e. The van der Waals surface area contributed by atoms with Gasteiger partial charge in [0.2, 0.25) is 0 Å². The lowest BCUT2D eigenvalue weighted by Gasteiger charge is -2.28. The number of nitrogens with zero attached hydrogens (tertiary/aromatic N) is 2. The van der Waals surface area contributed by atoms with Crippen LogP contribution < -0.4 is 10.2 Å². The molecule has 0 aliphatic carbocycles. The molecule has 1 fully saturated rings. The number of ether oxygens (including phenoxy) is 1. The second-order valence-electron chi connectivity index (χ2n) is 8.37. The van der Waals surface area contributed by atoms with E-state index in [-0.39, 0.29) is 11.5 Å². The number of aryl methyl sites for hydroxylation is 2. The molecular formula is C28H27N3O5. The third-order valence-electron chi connectivity index (χ3n) is 6.12. The average Bonchev–Trinajstić information content (AvgIpc) is 3.14. The van der Waals surface area contributed by atoms with Gasteiger partial charge < -0.3 is 9.30 Å². The molecule has 0 atom stereocenters. The van der Waals surface area contributed by atoms with Gasteiger partial charge in [0.1, 0.15) is 5.57 Å². The maximum absolute atomic E-state index is 13.4. The van der Waals surface area contributed by atoms with Crippen molar-refractivity contribution in [2.45, 2.75) is 34.1 Å². The van der Waals surface area contributed by atoms with Crippen molar-refractivity contribution in [3.05, 3.63) is 88.2 Å². The maximum Gasteiger partial charge on any atom is 0.338 e. The zero-order valence-electron chi connectivity index (χ0n) is 20.6. The number of nitrogens with one attached hydrogen (secondary N) is 1. The highest BCUT2D eigenvalue weighted by molar-refractivity contribution is 6.39. The highest BCUT2D eigenvalue weighted by Gasteiger charge is 2.37. The number of benzene rings is 2. The number of aromatic nitrogens is 1. The standard InChI is InChI=1S/C28H27N3O5/c1-5-19-9-7-8-10-24(19)31-26(33)23(25(32)29-28(31)35)16-21-15-17(3)30(18(21)4)22-13-11-20(12-14-22)27(34)36-6-2/h7-16H,5-6H2,1-4H3,(H,29,32,35)/b23-16+. The molecule has 8 nitrogen and oxygen atoms in total. The molecular weight excluding hydrogens is 458 g/mol. The molecule has 0 saturated carbocycles. The van der Waals surface area contributed by atoms with Gasteiger partial charge in [0.25, 0.3) is 11.8 Å². The summed E-state index contributed by atoms with van der Waals surface area (Å²) in [6.07, 6.45) is 2.13. The Kier molecular flexibility index (Phi) is 6.87. The molecule has 2 aromatic carbocycles. The molecule has 1 aromatic heterocycles. The number of carbonyl (C=O) groups excluding carboxylic acids is 4. The van der Waals surface area contributed by atoms with Crippen LogP contribution in [0.2, 0.25) is 0 Å². The highest BCUT2D eigenvalue weighted by atomic mass is 16.5. The number of imide groups is 2. The van der Waals surface area contributed by atoms with Gasteiger partial charge in [-0.2, -0.15) is 0 Å². The Morgan fingerprint density at radius 1 is 1.00 bits per heavy atom. The predicted molar refractivity (Wildman–Crippen MR) is 136 cm³/mol. The molecule has 0 spiro atoms. The van der Waals surface area contributed by atoms with Crippen molar-refractivity contribution in [1.82, 2.24) is 9.88 Å².